The van der Waals surface area contributed by atoms with Gasteiger partial charge in [-0.05, 0) is 24.3 Å². The highest BCUT2D eigenvalue weighted by molar-refractivity contribution is 7.89. The standard InChI is InChI=1S/C20H26N6O4S/c1-20(2,14-27)13-23-31(28,29)17-5-3-16(4-6-17)24-19-22-12-15(11-21)18(25-19)26-7-9-30-10-8-26/h3-6,12,23,27H,7-10,13-14H2,1-2H3,(H,22,24,25). The van der Waals surface area contributed by atoms with Gasteiger partial charge >= 0.3 is 0 Å². The van der Waals surface area contributed by atoms with Gasteiger partial charge in [-0.15, -0.1) is 0 Å². The summed E-state index contributed by atoms with van der Waals surface area (Å²) >= 11 is 0. The quantitative estimate of drug-likeness (QED) is 0.546. The fourth-order valence-electron chi connectivity index (χ4n) is 2.80. The monoisotopic (exact) mass is 446 g/mol. The van der Waals surface area contributed by atoms with Crippen LogP contribution >= 0.6 is 0 Å². The van der Waals surface area contributed by atoms with Gasteiger partial charge in [-0.25, -0.2) is 18.1 Å². The van der Waals surface area contributed by atoms with Gasteiger partial charge in [-0.3, -0.25) is 0 Å². The molecule has 0 atom stereocenters. The molecule has 0 radical (unpaired) electrons. The maximum Gasteiger partial charge on any atom is 0.240 e. The minimum absolute atomic E-state index is 0.113. The number of aliphatic hydroxyl groups is 1. The normalized spacial score (nSPS) is 14.8. The van der Waals surface area contributed by atoms with Crippen LogP contribution in [0.25, 0.3) is 0 Å². The first-order chi connectivity index (χ1) is 14.7. The van der Waals surface area contributed by atoms with Crippen molar-refractivity contribution in [3.8, 4) is 6.07 Å². The number of anilines is 3. The van der Waals surface area contributed by atoms with Gasteiger partial charge in [-0.1, -0.05) is 13.8 Å². The smallest absolute Gasteiger partial charge is 0.240 e. The van der Waals surface area contributed by atoms with Crippen molar-refractivity contribution in [2.45, 2.75) is 18.7 Å². The molecule has 1 aromatic heterocycles. The predicted molar refractivity (Wildman–Crippen MR) is 116 cm³/mol. The Morgan fingerprint density at radius 1 is 1.26 bits per heavy atom. The van der Waals surface area contributed by atoms with E-state index in [4.69, 9.17) is 4.74 Å². The molecule has 3 N–H and O–H groups in total. The topological polar surface area (TPSA) is 140 Å². The number of morpholine rings is 1. The average molecular weight is 447 g/mol. The summed E-state index contributed by atoms with van der Waals surface area (Å²) in [5.74, 6) is 0.845. The van der Waals surface area contributed by atoms with Crippen LogP contribution < -0.4 is 14.9 Å². The number of ether oxygens (including phenoxy) is 1. The number of hydrogen-bond donors (Lipinski definition) is 3. The highest BCUT2D eigenvalue weighted by atomic mass is 32.2. The molecule has 0 saturated carbocycles. The molecule has 0 spiro atoms. The van der Waals surface area contributed by atoms with Crippen molar-refractivity contribution in [1.82, 2.24) is 14.7 Å². The van der Waals surface area contributed by atoms with E-state index in [1.165, 1.54) is 18.3 Å². The van der Waals surface area contributed by atoms with Crippen LogP contribution in [0.1, 0.15) is 19.4 Å². The van der Waals surface area contributed by atoms with Gasteiger partial charge in [-0.2, -0.15) is 10.2 Å². The van der Waals surface area contributed by atoms with Crippen LogP contribution in [0.3, 0.4) is 0 Å². The van der Waals surface area contributed by atoms with E-state index in [-0.39, 0.29) is 18.0 Å². The molecule has 3 rings (SSSR count). The molecule has 0 bridgehead atoms. The van der Waals surface area contributed by atoms with Crippen LogP contribution in [0.4, 0.5) is 17.5 Å². The predicted octanol–water partition coefficient (Wildman–Crippen LogP) is 1.23. The fourth-order valence-corrected chi connectivity index (χ4v) is 4.05. The van der Waals surface area contributed by atoms with Crippen LogP contribution in [0.5, 0.6) is 0 Å². The van der Waals surface area contributed by atoms with Crippen molar-refractivity contribution in [2.75, 3.05) is 49.7 Å². The second-order valence-electron chi connectivity index (χ2n) is 7.94. The second kappa shape index (κ2) is 9.57. The molecular formula is C20H26N6O4S. The van der Waals surface area contributed by atoms with E-state index in [2.05, 4.69) is 26.1 Å². The molecule has 2 heterocycles. The van der Waals surface area contributed by atoms with Crippen LogP contribution in [0, 0.1) is 16.7 Å². The molecule has 166 valence electrons. The molecule has 1 saturated heterocycles. The summed E-state index contributed by atoms with van der Waals surface area (Å²) in [6.07, 6.45) is 1.46. The Labute approximate surface area is 181 Å². The lowest BCUT2D eigenvalue weighted by atomic mass is 9.96. The van der Waals surface area contributed by atoms with Crippen LogP contribution in [-0.4, -0.2) is 62.9 Å². The van der Waals surface area contributed by atoms with Gasteiger partial charge in [0.1, 0.15) is 11.6 Å². The Morgan fingerprint density at radius 2 is 1.94 bits per heavy atom. The maximum absolute atomic E-state index is 12.5. The third kappa shape index (κ3) is 5.89. The summed E-state index contributed by atoms with van der Waals surface area (Å²) in [5.41, 5.74) is 0.428. The van der Waals surface area contributed by atoms with Gasteiger partial charge in [0.2, 0.25) is 16.0 Å². The minimum atomic E-state index is -3.70. The van der Waals surface area contributed by atoms with E-state index in [1.54, 1.807) is 26.0 Å². The molecule has 1 aromatic carbocycles. The van der Waals surface area contributed by atoms with Crippen LogP contribution in [-0.2, 0) is 14.8 Å². The number of nitriles is 1. The van der Waals surface area contributed by atoms with Crippen molar-refractivity contribution >= 4 is 27.5 Å². The molecule has 1 aliphatic rings. The largest absolute Gasteiger partial charge is 0.396 e. The van der Waals surface area contributed by atoms with E-state index < -0.39 is 15.4 Å². The summed E-state index contributed by atoms with van der Waals surface area (Å²) in [6, 6.07) is 8.29. The van der Waals surface area contributed by atoms with Crippen molar-refractivity contribution in [3.05, 3.63) is 36.0 Å². The Balaban J connectivity index is 1.73. The molecule has 10 nitrogen and oxygen atoms in total. The fraction of sp³-hybridized carbons (Fsp3) is 0.450. The number of hydrogen-bond acceptors (Lipinski definition) is 9. The molecule has 0 unspecified atom stereocenters. The van der Waals surface area contributed by atoms with E-state index in [9.17, 15) is 18.8 Å². The number of nitrogens with zero attached hydrogens (tertiary/aromatic N) is 4. The Morgan fingerprint density at radius 3 is 2.55 bits per heavy atom. The van der Waals surface area contributed by atoms with Gasteiger partial charge in [0.05, 0.1) is 24.3 Å². The molecule has 1 fully saturated rings. The lowest BCUT2D eigenvalue weighted by Crippen LogP contribution is -2.37. The summed E-state index contributed by atoms with van der Waals surface area (Å²) < 4.78 is 32.8. The SMILES string of the molecule is CC(C)(CO)CNS(=O)(=O)c1ccc(Nc2ncc(C#N)c(N3CCOCC3)n2)cc1. The van der Waals surface area contributed by atoms with Gasteiger partial charge in [0, 0.05) is 37.3 Å². The zero-order valence-corrected chi connectivity index (χ0v) is 18.3. The number of aliphatic hydroxyl groups excluding tert-OH is 1. The average Bonchev–Trinajstić information content (AvgIpc) is 2.79. The Hall–Kier alpha value is -2.78. The van der Waals surface area contributed by atoms with E-state index in [0.29, 0.717) is 49.3 Å². The molecule has 2 aromatic rings. The van der Waals surface area contributed by atoms with Gasteiger partial charge in [0.25, 0.3) is 0 Å². The zero-order chi connectivity index (χ0) is 22.5. The van der Waals surface area contributed by atoms with E-state index in [1.807, 2.05) is 4.90 Å². The lowest BCUT2D eigenvalue weighted by Gasteiger charge is -2.28. The minimum Gasteiger partial charge on any atom is -0.396 e. The summed E-state index contributed by atoms with van der Waals surface area (Å²) in [4.78, 5) is 10.7. The van der Waals surface area contributed by atoms with E-state index >= 15 is 0 Å². The second-order valence-corrected chi connectivity index (χ2v) is 9.71. The number of sulfonamides is 1. The number of benzene rings is 1. The zero-order valence-electron chi connectivity index (χ0n) is 17.5. The van der Waals surface area contributed by atoms with Crippen LogP contribution in [0.2, 0.25) is 0 Å². The first-order valence-corrected chi connectivity index (χ1v) is 11.3. The number of nitrogens with one attached hydrogen (secondary N) is 2. The summed E-state index contributed by atoms with van der Waals surface area (Å²) in [5, 5.41) is 21.7. The lowest BCUT2D eigenvalue weighted by molar-refractivity contribution is 0.122. The maximum atomic E-state index is 12.5. The first kappa shape index (κ1) is 22.9. The van der Waals surface area contributed by atoms with Crippen molar-refractivity contribution in [2.24, 2.45) is 5.41 Å². The number of rotatable bonds is 8. The highest BCUT2D eigenvalue weighted by Gasteiger charge is 2.22. The molecule has 0 aliphatic carbocycles. The Bertz CT molecular complexity index is 1040. The van der Waals surface area contributed by atoms with Crippen molar-refractivity contribution < 1.29 is 18.3 Å². The van der Waals surface area contributed by atoms with E-state index in [0.717, 1.165) is 0 Å². The van der Waals surface area contributed by atoms with Crippen molar-refractivity contribution in [3.63, 3.8) is 0 Å². The highest BCUT2D eigenvalue weighted by Crippen LogP contribution is 2.22. The Kier molecular flexibility index (Phi) is 7.07. The molecule has 1 aliphatic heterocycles. The van der Waals surface area contributed by atoms with Gasteiger partial charge in [0.15, 0.2) is 5.82 Å². The van der Waals surface area contributed by atoms with Crippen LogP contribution in [0.15, 0.2) is 35.4 Å². The van der Waals surface area contributed by atoms with Crippen molar-refractivity contribution in [1.29, 1.82) is 5.26 Å². The summed E-state index contributed by atoms with van der Waals surface area (Å²) in [6.45, 7) is 5.94. The molecular weight excluding hydrogens is 420 g/mol. The summed E-state index contributed by atoms with van der Waals surface area (Å²) in [7, 11) is -3.70. The molecule has 0 amide bonds. The first-order valence-electron chi connectivity index (χ1n) is 9.81. The molecule has 11 heteroatoms. The molecule has 31 heavy (non-hydrogen) atoms. The third-order valence-corrected chi connectivity index (χ3v) is 6.21. The third-order valence-electron chi connectivity index (χ3n) is 4.79. The number of aromatic nitrogens is 2. The van der Waals surface area contributed by atoms with Gasteiger partial charge < -0.3 is 20.1 Å².